The molecule has 0 spiro atoms. The van der Waals surface area contributed by atoms with Crippen molar-refractivity contribution >= 4 is 18.3 Å². The zero-order chi connectivity index (χ0) is 8.41. The molecule has 0 fully saturated rings. The van der Waals surface area contributed by atoms with E-state index in [0.717, 1.165) is 0 Å². The smallest absolute Gasteiger partial charge is 0.243 e. The number of carbonyl (C=O) groups is 1. The Hall–Kier alpha value is -0.800. The normalized spacial score (nSPS) is 6.00. The first-order valence-corrected chi connectivity index (χ1v) is 2.88. The Bertz CT molecular complexity index is 115. The van der Waals surface area contributed by atoms with Crippen LogP contribution in [-0.2, 0) is 4.79 Å². The summed E-state index contributed by atoms with van der Waals surface area (Å²) in [6.45, 7) is 7.16. The second-order valence-electron chi connectivity index (χ2n) is 1.34. The maximum Gasteiger partial charge on any atom is 0.243 e. The summed E-state index contributed by atoms with van der Waals surface area (Å²) < 4.78 is 0. The quantitative estimate of drug-likeness (QED) is 0.477. The Morgan fingerprint density at radius 2 is 2.00 bits per heavy atom. The third-order valence-corrected chi connectivity index (χ3v) is 0.598. The minimum absolute atomic E-state index is 0. The SMILES string of the molecule is C=CC(=O)NC.C=CCN.Cl. The van der Waals surface area contributed by atoms with E-state index >= 15 is 0 Å². The van der Waals surface area contributed by atoms with Crippen molar-refractivity contribution in [2.45, 2.75) is 0 Å². The number of hydrogen-bond acceptors (Lipinski definition) is 2. The van der Waals surface area contributed by atoms with Crippen LogP contribution in [-0.4, -0.2) is 19.5 Å². The molecule has 0 radical (unpaired) electrons. The predicted molar refractivity (Wildman–Crippen MR) is 50.8 cm³/mol. The molecule has 0 aliphatic rings. The van der Waals surface area contributed by atoms with Crippen LogP contribution in [0.1, 0.15) is 0 Å². The molecule has 1 amide bonds. The van der Waals surface area contributed by atoms with E-state index in [1.165, 1.54) is 6.08 Å². The Kier molecular flexibility index (Phi) is 24.4. The second kappa shape index (κ2) is 16.1. The molecule has 0 aliphatic carbocycles. The summed E-state index contributed by atoms with van der Waals surface area (Å²) in [6, 6.07) is 0. The highest BCUT2D eigenvalue weighted by Gasteiger charge is 1.78. The first kappa shape index (κ1) is 16.7. The van der Waals surface area contributed by atoms with Gasteiger partial charge in [-0.1, -0.05) is 12.7 Å². The van der Waals surface area contributed by atoms with Gasteiger partial charge in [-0.25, -0.2) is 0 Å². The van der Waals surface area contributed by atoms with Crippen molar-refractivity contribution in [1.82, 2.24) is 5.32 Å². The maximum absolute atomic E-state index is 9.95. The lowest BCUT2D eigenvalue weighted by Crippen LogP contribution is -2.13. The van der Waals surface area contributed by atoms with Gasteiger partial charge >= 0.3 is 0 Å². The van der Waals surface area contributed by atoms with Crippen molar-refractivity contribution in [2.75, 3.05) is 13.6 Å². The number of nitrogens with one attached hydrogen (secondary N) is 1. The van der Waals surface area contributed by atoms with E-state index in [4.69, 9.17) is 5.73 Å². The van der Waals surface area contributed by atoms with Gasteiger partial charge < -0.3 is 11.1 Å². The average Bonchev–Trinajstić information content (AvgIpc) is 2.03. The largest absolute Gasteiger partial charge is 0.356 e. The van der Waals surface area contributed by atoms with Crippen molar-refractivity contribution in [3.05, 3.63) is 25.3 Å². The van der Waals surface area contributed by atoms with E-state index in [1.807, 2.05) is 0 Å². The molecule has 11 heavy (non-hydrogen) atoms. The average molecular weight is 179 g/mol. The summed E-state index contributed by atoms with van der Waals surface area (Å²) in [5.41, 5.74) is 4.91. The Labute approximate surface area is 73.8 Å². The van der Waals surface area contributed by atoms with Crippen molar-refractivity contribution in [1.29, 1.82) is 0 Å². The van der Waals surface area contributed by atoms with E-state index in [0.29, 0.717) is 6.54 Å². The standard InChI is InChI=1S/C4H7NO.C3H7N.ClH/c1-3-4(6)5-2;1-2-3-4;/h3H,1H2,2H3,(H,5,6);2H,1,3-4H2;1H. The molecule has 66 valence electrons. The molecule has 0 aromatic heterocycles. The number of hydrogen-bond donors (Lipinski definition) is 2. The third-order valence-electron chi connectivity index (χ3n) is 0.598. The van der Waals surface area contributed by atoms with Gasteiger partial charge in [0.05, 0.1) is 0 Å². The number of rotatable bonds is 2. The molecule has 4 heteroatoms. The first-order valence-electron chi connectivity index (χ1n) is 2.88. The molecule has 0 aliphatic heterocycles. The topological polar surface area (TPSA) is 55.1 Å². The van der Waals surface area contributed by atoms with Crippen molar-refractivity contribution in [2.24, 2.45) is 5.73 Å². The van der Waals surface area contributed by atoms with E-state index in [-0.39, 0.29) is 18.3 Å². The van der Waals surface area contributed by atoms with Gasteiger partial charge in [0.1, 0.15) is 0 Å². The first-order chi connectivity index (χ1) is 4.72. The van der Waals surface area contributed by atoms with Gasteiger partial charge in [-0.2, -0.15) is 0 Å². The number of amides is 1. The van der Waals surface area contributed by atoms with Crippen LogP contribution in [0.2, 0.25) is 0 Å². The van der Waals surface area contributed by atoms with Crippen LogP contribution in [0.15, 0.2) is 25.3 Å². The molecule has 0 unspecified atom stereocenters. The van der Waals surface area contributed by atoms with Crippen molar-refractivity contribution in [3.8, 4) is 0 Å². The van der Waals surface area contributed by atoms with Gasteiger partial charge in [0.25, 0.3) is 0 Å². The third kappa shape index (κ3) is 27.0. The fourth-order valence-electron chi connectivity index (χ4n) is 0.102. The zero-order valence-electron chi connectivity index (χ0n) is 6.67. The van der Waals surface area contributed by atoms with Gasteiger partial charge in [-0.05, 0) is 6.08 Å². The van der Waals surface area contributed by atoms with Crippen molar-refractivity contribution in [3.63, 3.8) is 0 Å². The minimum atomic E-state index is -0.144. The molecule has 0 atom stereocenters. The number of likely N-dealkylation sites (N-methyl/N-ethyl adjacent to an activating group) is 1. The molecule has 0 aromatic carbocycles. The summed E-state index contributed by atoms with van der Waals surface area (Å²) >= 11 is 0. The molecular formula is C7H15ClN2O. The number of halogens is 1. The molecule has 0 saturated heterocycles. The van der Waals surface area contributed by atoms with Crippen LogP contribution in [0.25, 0.3) is 0 Å². The summed E-state index contributed by atoms with van der Waals surface area (Å²) in [6.07, 6.45) is 2.88. The summed E-state index contributed by atoms with van der Waals surface area (Å²) in [7, 11) is 1.56. The van der Waals surface area contributed by atoms with E-state index in [9.17, 15) is 4.79 Å². The minimum Gasteiger partial charge on any atom is -0.356 e. The van der Waals surface area contributed by atoms with Crippen LogP contribution < -0.4 is 11.1 Å². The Morgan fingerprint density at radius 3 is 2.00 bits per heavy atom. The Morgan fingerprint density at radius 1 is 1.64 bits per heavy atom. The van der Waals surface area contributed by atoms with Crippen LogP contribution >= 0.6 is 12.4 Å². The second-order valence-corrected chi connectivity index (χ2v) is 1.34. The number of carbonyl (C=O) groups excluding carboxylic acids is 1. The fraction of sp³-hybridized carbons (Fsp3) is 0.286. The van der Waals surface area contributed by atoms with E-state index < -0.39 is 0 Å². The van der Waals surface area contributed by atoms with Gasteiger partial charge in [0, 0.05) is 13.6 Å². The lowest BCUT2D eigenvalue weighted by molar-refractivity contribution is -0.116. The molecule has 0 saturated carbocycles. The van der Waals surface area contributed by atoms with E-state index in [1.54, 1.807) is 13.1 Å². The Balaban J connectivity index is -0.000000114. The van der Waals surface area contributed by atoms with Gasteiger partial charge in [0.2, 0.25) is 5.91 Å². The lowest BCUT2D eigenvalue weighted by atomic mass is 10.6. The van der Waals surface area contributed by atoms with Crippen LogP contribution in [0.3, 0.4) is 0 Å². The summed E-state index contributed by atoms with van der Waals surface area (Å²) in [5, 5.41) is 2.36. The highest BCUT2D eigenvalue weighted by molar-refractivity contribution is 5.86. The summed E-state index contributed by atoms with van der Waals surface area (Å²) in [5.74, 6) is -0.144. The molecule has 3 N–H and O–H groups in total. The molecule has 0 aromatic rings. The van der Waals surface area contributed by atoms with Gasteiger partial charge in [-0.15, -0.1) is 19.0 Å². The fourth-order valence-corrected chi connectivity index (χ4v) is 0.102. The molecule has 0 rings (SSSR count). The maximum atomic E-state index is 9.95. The summed E-state index contributed by atoms with van der Waals surface area (Å²) in [4.78, 5) is 9.95. The van der Waals surface area contributed by atoms with E-state index in [2.05, 4.69) is 18.5 Å². The van der Waals surface area contributed by atoms with Crippen LogP contribution in [0.4, 0.5) is 0 Å². The van der Waals surface area contributed by atoms with Crippen molar-refractivity contribution < 1.29 is 4.79 Å². The molecular weight excluding hydrogens is 164 g/mol. The zero-order valence-corrected chi connectivity index (χ0v) is 7.49. The van der Waals surface area contributed by atoms with Gasteiger partial charge in [-0.3, -0.25) is 4.79 Å². The number of nitrogens with two attached hydrogens (primary N) is 1. The lowest BCUT2D eigenvalue weighted by Gasteiger charge is -1.82. The molecule has 0 heterocycles. The van der Waals surface area contributed by atoms with Crippen LogP contribution in [0.5, 0.6) is 0 Å². The van der Waals surface area contributed by atoms with Crippen LogP contribution in [0, 0.1) is 0 Å². The highest BCUT2D eigenvalue weighted by Crippen LogP contribution is 1.56. The predicted octanol–water partition coefficient (Wildman–Crippen LogP) is 0.471. The van der Waals surface area contributed by atoms with Gasteiger partial charge in [0.15, 0.2) is 0 Å². The highest BCUT2D eigenvalue weighted by atomic mass is 35.5. The molecule has 3 nitrogen and oxygen atoms in total. The molecule has 0 bridgehead atoms. The monoisotopic (exact) mass is 178 g/mol.